The van der Waals surface area contributed by atoms with E-state index >= 15 is 0 Å². The van der Waals surface area contributed by atoms with Crippen molar-refractivity contribution >= 4 is 0 Å². The molecule has 1 unspecified atom stereocenters. The van der Waals surface area contributed by atoms with Gasteiger partial charge in [0.2, 0.25) is 0 Å². The molecule has 0 radical (unpaired) electrons. The van der Waals surface area contributed by atoms with E-state index in [1.807, 2.05) is 0 Å². The number of nitrogens with one attached hydrogen (secondary N) is 2. The largest absolute Gasteiger partial charge is 0.377 e. The van der Waals surface area contributed by atoms with Gasteiger partial charge in [-0.25, -0.2) is 4.98 Å². The minimum Gasteiger partial charge on any atom is -0.377 e. The fraction of sp³-hybridized carbons (Fsp3) is 0.750. The summed E-state index contributed by atoms with van der Waals surface area (Å²) in [5, 5.41) is 10.3. The Bertz CT molecular complexity index is 267. The Morgan fingerprint density at radius 3 is 3.23 bits per heavy atom. The molecule has 2 heterocycles. The predicted molar refractivity (Wildman–Crippen MR) is 47.1 cm³/mol. The molecule has 13 heavy (non-hydrogen) atoms. The molecule has 1 saturated heterocycles. The van der Waals surface area contributed by atoms with Crippen molar-refractivity contribution < 1.29 is 4.74 Å². The van der Waals surface area contributed by atoms with Crippen LogP contribution in [0.4, 0.5) is 0 Å². The second kappa shape index (κ2) is 3.85. The number of rotatable bonds is 3. The van der Waals surface area contributed by atoms with Crippen molar-refractivity contribution in [1.29, 1.82) is 0 Å². The summed E-state index contributed by atoms with van der Waals surface area (Å²) >= 11 is 0. The Balaban J connectivity index is 2.03. The lowest BCUT2D eigenvalue weighted by Crippen LogP contribution is -2.14. The van der Waals surface area contributed by atoms with Gasteiger partial charge in [0.25, 0.3) is 0 Å². The molecule has 1 atom stereocenters. The van der Waals surface area contributed by atoms with Gasteiger partial charge in [-0.1, -0.05) is 0 Å². The molecular weight excluding hydrogens is 168 g/mol. The van der Waals surface area contributed by atoms with Crippen molar-refractivity contribution in [3.05, 3.63) is 11.6 Å². The van der Waals surface area contributed by atoms with Crippen LogP contribution < -0.4 is 5.32 Å². The predicted octanol–water partition coefficient (Wildman–Crippen LogP) is 0.376. The zero-order valence-electron chi connectivity index (χ0n) is 7.71. The Morgan fingerprint density at radius 2 is 2.54 bits per heavy atom. The van der Waals surface area contributed by atoms with Crippen molar-refractivity contribution in [3.63, 3.8) is 0 Å². The van der Waals surface area contributed by atoms with E-state index in [4.69, 9.17) is 4.74 Å². The molecule has 1 aliphatic rings. The summed E-state index contributed by atoms with van der Waals surface area (Å²) in [7, 11) is 1.65. The maximum atomic E-state index is 4.95. The monoisotopic (exact) mass is 182 g/mol. The zero-order chi connectivity index (χ0) is 9.10. The van der Waals surface area contributed by atoms with Gasteiger partial charge in [0, 0.05) is 7.11 Å². The Kier molecular flexibility index (Phi) is 2.56. The molecule has 0 saturated carbocycles. The molecule has 0 bridgehead atoms. The number of hydrogen-bond donors (Lipinski definition) is 2. The van der Waals surface area contributed by atoms with Crippen LogP contribution >= 0.6 is 0 Å². The first-order chi connectivity index (χ1) is 6.40. The quantitative estimate of drug-likeness (QED) is 0.709. The molecule has 1 aromatic rings. The van der Waals surface area contributed by atoms with Gasteiger partial charge in [-0.05, 0) is 19.4 Å². The van der Waals surface area contributed by atoms with Crippen molar-refractivity contribution in [1.82, 2.24) is 20.5 Å². The van der Waals surface area contributed by atoms with Crippen molar-refractivity contribution in [3.8, 4) is 0 Å². The van der Waals surface area contributed by atoms with Crippen molar-refractivity contribution in [2.45, 2.75) is 25.5 Å². The van der Waals surface area contributed by atoms with Gasteiger partial charge in [0.15, 0.2) is 11.6 Å². The van der Waals surface area contributed by atoms with Crippen LogP contribution in [-0.4, -0.2) is 28.8 Å². The summed E-state index contributed by atoms with van der Waals surface area (Å²) in [6, 6.07) is 0.335. The molecule has 0 aromatic carbocycles. The number of ether oxygens (including phenoxy) is 1. The van der Waals surface area contributed by atoms with E-state index in [0.29, 0.717) is 12.6 Å². The molecule has 5 heteroatoms. The van der Waals surface area contributed by atoms with E-state index in [9.17, 15) is 0 Å². The minimum absolute atomic E-state index is 0.335. The summed E-state index contributed by atoms with van der Waals surface area (Å²) in [6.07, 6.45) is 2.34. The van der Waals surface area contributed by atoms with Gasteiger partial charge in [-0.15, -0.1) is 0 Å². The van der Waals surface area contributed by atoms with E-state index in [1.165, 1.54) is 6.42 Å². The van der Waals surface area contributed by atoms with Crippen molar-refractivity contribution in [2.75, 3.05) is 13.7 Å². The first kappa shape index (κ1) is 8.65. The lowest BCUT2D eigenvalue weighted by atomic mass is 10.2. The van der Waals surface area contributed by atoms with Crippen LogP contribution in [0.25, 0.3) is 0 Å². The first-order valence-corrected chi connectivity index (χ1v) is 4.53. The maximum Gasteiger partial charge on any atom is 0.167 e. The number of aromatic amines is 1. The highest BCUT2D eigenvalue weighted by Gasteiger charge is 2.19. The minimum atomic E-state index is 0.335. The molecular formula is C8H14N4O. The Hall–Kier alpha value is -0.940. The normalized spacial score (nSPS) is 22.4. The van der Waals surface area contributed by atoms with Crippen LogP contribution in [0.3, 0.4) is 0 Å². The van der Waals surface area contributed by atoms with E-state index < -0.39 is 0 Å². The molecule has 1 fully saturated rings. The molecule has 2 rings (SSSR count). The fourth-order valence-electron chi connectivity index (χ4n) is 1.57. The van der Waals surface area contributed by atoms with Crippen molar-refractivity contribution in [2.24, 2.45) is 0 Å². The SMILES string of the molecule is COCc1nc(C2CCCN2)n[nH]1. The van der Waals surface area contributed by atoms with Gasteiger partial charge in [-0.3, -0.25) is 5.10 Å². The van der Waals surface area contributed by atoms with Crippen LogP contribution in [0.1, 0.15) is 30.5 Å². The summed E-state index contributed by atoms with van der Waals surface area (Å²) < 4.78 is 4.95. The average molecular weight is 182 g/mol. The van der Waals surface area contributed by atoms with Crippen LogP contribution in [0.15, 0.2) is 0 Å². The second-order valence-electron chi connectivity index (χ2n) is 3.22. The second-order valence-corrected chi connectivity index (χ2v) is 3.22. The van der Waals surface area contributed by atoms with E-state index in [0.717, 1.165) is 24.6 Å². The van der Waals surface area contributed by atoms with Gasteiger partial charge in [0.05, 0.1) is 6.04 Å². The summed E-state index contributed by atoms with van der Waals surface area (Å²) in [5.74, 6) is 1.66. The third kappa shape index (κ3) is 1.87. The van der Waals surface area contributed by atoms with Crippen LogP contribution in [0.5, 0.6) is 0 Å². The van der Waals surface area contributed by atoms with E-state index in [-0.39, 0.29) is 0 Å². The van der Waals surface area contributed by atoms with E-state index in [1.54, 1.807) is 7.11 Å². The molecule has 0 amide bonds. The molecule has 2 N–H and O–H groups in total. The van der Waals surface area contributed by atoms with Gasteiger partial charge in [-0.2, -0.15) is 5.10 Å². The topological polar surface area (TPSA) is 62.8 Å². The molecule has 72 valence electrons. The fourth-order valence-corrected chi connectivity index (χ4v) is 1.57. The third-order valence-electron chi connectivity index (χ3n) is 2.20. The molecule has 1 aliphatic heterocycles. The molecule has 0 spiro atoms. The average Bonchev–Trinajstić information content (AvgIpc) is 2.70. The highest BCUT2D eigenvalue weighted by molar-refractivity contribution is 4.98. The Morgan fingerprint density at radius 1 is 1.62 bits per heavy atom. The number of nitrogens with zero attached hydrogens (tertiary/aromatic N) is 2. The summed E-state index contributed by atoms with van der Waals surface area (Å²) in [6.45, 7) is 1.57. The molecule has 1 aromatic heterocycles. The lowest BCUT2D eigenvalue weighted by molar-refractivity contribution is 0.178. The highest BCUT2D eigenvalue weighted by Crippen LogP contribution is 2.19. The number of aromatic nitrogens is 3. The van der Waals surface area contributed by atoms with Crippen LogP contribution in [-0.2, 0) is 11.3 Å². The lowest BCUT2D eigenvalue weighted by Gasteiger charge is -2.02. The van der Waals surface area contributed by atoms with Gasteiger partial charge >= 0.3 is 0 Å². The number of hydrogen-bond acceptors (Lipinski definition) is 4. The maximum absolute atomic E-state index is 4.95. The molecule has 0 aliphatic carbocycles. The highest BCUT2D eigenvalue weighted by atomic mass is 16.5. The summed E-state index contributed by atoms with van der Waals surface area (Å²) in [5.41, 5.74) is 0. The number of H-pyrrole nitrogens is 1. The van der Waals surface area contributed by atoms with Crippen LogP contribution in [0.2, 0.25) is 0 Å². The van der Waals surface area contributed by atoms with Gasteiger partial charge in [0.1, 0.15) is 6.61 Å². The standard InChI is InChI=1S/C8H14N4O/c1-13-5-7-10-8(12-11-7)6-3-2-4-9-6/h6,9H,2-5H2,1H3,(H,10,11,12). The third-order valence-corrected chi connectivity index (χ3v) is 2.20. The number of methoxy groups -OCH3 is 1. The van der Waals surface area contributed by atoms with Gasteiger partial charge < -0.3 is 10.1 Å². The zero-order valence-corrected chi connectivity index (χ0v) is 7.71. The van der Waals surface area contributed by atoms with E-state index in [2.05, 4.69) is 20.5 Å². The Labute approximate surface area is 76.9 Å². The first-order valence-electron chi connectivity index (χ1n) is 4.53. The smallest absolute Gasteiger partial charge is 0.167 e. The van der Waals surface area contributed by atoms with Crippen LogP contribution in [0, 0.1) is 0 Å². The molecule has 5 nitrogen and oxygen atoms in total. The summed E-state index contributed by atoms with van der Waals surface area (Å²) in [4.78, 5) is 4.33.